The van der Waals surface area contributed by atoms with E-state index in [0.29, 0.717) is 18.6 Å². The predicted molar refractivity (Wildman–Crippen MR) is 122 cm³/mol. The average molecular weight is 509 g/mol. The van der Waals surface area contributed by atoms with E-state index in [2.05, 4.69) is 15.4 Å². The zero-order valence-electron chi connectivity index (χ0n) is 19.4. The van der Waals surface area contributed by atoms with Gasteiger partial charge in [-0.25, -0.2) is 9.59 Å². The molecule has 2 atom stereocenters. The van der Waals surface area contributed by atoms with Crippen LogP contribution in [-0.4, -0.2) is 66.9 Å². The van der Waals surface area contributed by atoms with Gasteiger partial charge in [-0.3, -0.25) is 4.79 Å². The van der Waals surface area contributed by atoms with E-state index in [0.717, 1.165) is 12.1 Å². The highest BCUT2D eigenvalue weighted by atomic mass is 19.4. The topological polar surface area (TPSA) is 117 Å². The van der Waals surface area contributed by atoms with Crippen LogP contribution in [0.2, 0.25) is 0 Å². The third-order valence-electron chi connectivity index (χ3n) is 5.56. The average Bonchev–Trinajstić information content (AvgIpc) is 3.03. The number of urea groups is 1. The van der Waals surface area contributed by atoms with Crippen LogP contribution in [0.1, 0.15) is 28.8 Å². The minimum atomic E-state index is -4.55. The number of aliphatic hydroxyl groups excluding tert-OH is 1. The molecule has 2 aromatic carbocycles. The first kappa shape index (κ1) is 26.8. The lowest BCUT2D eigenvalue weighted by Crippen LogP contribution is -2.50. The number of nitrogens with one attached hydrogen (secondary N) is 2. The number of amides is 3. The van der Waals surface area contributed by atoms with Crippen LogP contribution in [0.15, 0.2) is 48.5 Å². The van der Waals surface area contributed by atoms with Crippen LogP contribution < -0.4 is 15.4 Å². The Hall–Kier alpha value is -3.80. The van der Waals surface area contributed by atoms with Crippen LogP contribution in [0.4, 0.5) is 23.7 Å². The Morgan fingerprint density at radius 1 is 1.14 bits per heavy atom. The predicted octanol–water partition coefficient (Wildman–Crippen LogP) is 3.04. The van der Waals surface area contributed by atoms with Gasteiger partial charge in [-0.05, 0) is 55.3 Å². The van der Waals surface area contributed by atoms with Crippen molar-refractivity contribution in [2.75, 3.05) is 32.1 Å². The Labute approximate surface area is 205 Å². The van der Waals surface area contributed by atoms with Gasteiger partial charge in [-0.2, -0.15) is 13.2 Å². The molecule has 0 saturated carbocycles. The van der Waals surface area contributed by atoms with Gasteiger partial charge in [0.2, 0.25) is 0 Å². The number of rotatable bonds is 6. The van der Waals surface area contributed by atoms with E-state index >= 15 is 0 Å². The summed E-state index contributed by atoms with van der Waals surface area (Å²) < 4.78 is 48.6. The molecule has 1 saturated heterocycles. The molecule has 1 aliphatic heterocycles. The SMILES string of the molecule is COC(=O)COc1ccc(C(=O)N[C@@H]2CN(C(=O)Nc3cccc(C(F)(F)F)c3)CCC[C@H]2O)cc1. The van der Waals surface area contributed by atoms with Crippen LogP contribution in [0, 0.1) is 0 Å². The second-order valence-electron chi connectivity index (χ2n) is 8.13. The Morgan fingerprint density at radius 3 is 2.53 bits per heavy atom. The van der Waals surface area contributed by atoms with Crippen molar-refractivity contribution in [3.63, 3.8) is 0 Å². The molecular weight excluding hydrogens is 483 g/mol. The van der Waals surface area contributed by atoms with Crippen LogP contribution in [0.25, 0.3) is 0 Å². The Bertz CT molecular complexity index is 1080. The number of likely N-dealkylation sites (tertiary alicyclic amines) is 1. The van der Waals surface area contributed by atoms with Gasteiger partial charge in [0.1, 0.15) is 5.75 Å². The molecule has 0 radical (unpaired) electrons. The first-order valence-electron chi connectivity index (χ1n) is 11.1. The first-order chi connectivity index (χ1) is 17.1. The fraction of sp³-hybridized carbons (Fsp3) is 0.375. The summed E-state index contributed by atoms with van der Waals surface area (Å²) in [6.45, 7) is -0.0762. The number of hydrogen-bond donors (Lipinski definition) is 3. The fourth-order valence-electron chi connectivity index (χ4n) is 3.60. The second kappa shape index (κ2) is 11.8. The molecule has 0 aromatic heterocycles. The minimum absolute atomic E-state index is 0.0188. The first-order valence-corrected chi connectivity index (χ1v) is 11.1. The molecule has 1 fully saturated rings. The van der Waals surface area contributed by atoms with Gasteiger partial charge in [0.15, 0.2) is 6.61 Å². The summed E-state index contributed by atoms with van der Waals surface area (Å²) in [5.41, 5.74) is -0.648. The quantitative estimate of drug-likeness (QED) is 0.516. The van der Waals surface area contributed by atoms with Crippen molar-refractivity contribution >= 4 is 23.6 Å². The normalized spacial score (nSPS) is 18.1. The van der Waals surface area contributed by atoms with Crippen molar-refractivity contribution in [3.8, 4) is 5.75 Å². The molecule has 0 aliphatic carbocycles. The molecule has 0 spiro atoms. The zero-order chi connectivity index (χ0) is 26.3. The number of halogens is 3. The number of benzene rings is 2. The molecule has 0 bridgehead atoms. The lowest BCUT2D eigenvalue weighted by atomic mass is 10.1. The smallest absolute Gasteiger partial charge is 0.416 e. The molecular formula is C24H26F3N3O6. The fourth-order valence-corrected chi connectivity index (χ4v) is 3.60. The van der Waals surface area contributed by atoms with E-state index in [4.69, 9.17) is 4.74 Å². The Morgan fingerprint density at radius 2 is 1.86 bits per heavy atom. The van der Waals surface area contributed by atoms with Gasteiger partial charge < -0.3 is 30.1 Å². The largest absolute Gasteiger partial charge is 0.482 e. The van der Waals surface area contributed by atoms with Crippen LogP contribution in [-0.2, 0) is 15.7 Å². The van der Waals surface area contributed by atoms with Crippen LogP contribution >= 0.6 is 0 Å². The maximum atomic E-state index is 13.0. The molecule has 36 heavy (non-hydrogen) atoms. The summed E-state index contributed by atoms with van der Waals surface area (Å²) in [5.74, 6) is -0.705. The number of methoxy groups -OCH3 is 1. The number of carbonyl (C=O) groups is 3. The molecule has 12 heteroatoms. The van der Waals surface area contributed by atoms with E-state index < -0.39 is 41.8 Å². The van der Waals surface area contributed by atoms with Gasteiger partial charge in [-0.15, -0.1) is 0 Å². The summed E-state index contributed by atoms with van der Waals surface area (Å²) in [4.78, 5) is 38.0. The van der Waals surface area contributed by atoms with Crippen molar-refractivity contribution in [1.29, 1.82) is 0 Å². The molecule has 3 amide bonds. The van der Waals surface area contributed by atoms with Gasteiger partial charge in [0.05, 0.1) is 24.8 Å². The number of aliphatic hydroxyl groups is 1. The number of esters is 1. The lowest BCUT2D eigenvalue weighted by molar-refractivity contribution is -0.143. The van der Waals surface area contributed by atoms with Gasteiger partial charge >= 0.3 is 18.2 Å². The summed E-state index contributed by atoms with van der Waals surface area (Å²) in [6, 6.07) is 8.77. The molecule has 3 N–H and O–H groups in total. The molecule has 1 aliphatic rings. The summed E-state index contributed by atoms with van der Waals surface area (Å²) in [5, 5.41) is 15.6. The Balaban J connectivity index is 1.62. The highest BCUT2D eigenvalue weighted by Crippen LogP contribution is 2.30. The van der Waals surface area contributed by atoms with Crippen LogP contribution in [0.3, 0.4) is 0 Å². The number of carbonyl (C=O) groups excluding carboxylic acids is 3. The third kappa shape index (κ3) is 7.35. The summed E-state index contributed by atoms with van der Waals surface area (Å²) in [7, 11) is 1.23. The summed E-state index contributed by atoms with van der Waals surface area (Å²) in [6.07, 6.45) is -4.72. The molecule has 1 heterocycles. The number of hydrogen-bond acceptors (Lipinski definition) is 6. The monoisotopic (exact) mass is 509 g/mol. The molecule has 194 valence electrons. The molecule has 0 unspecified atom stereocenters. The number of ether oxygens (including phenoxy) is 2. The minimum Gasteiger partial charge on any atom is -0.482 e. The second-order valence-corrected chi connectivity index (χ2v) is 8.13. The van der Waals surface area contributed by atoms with Crippen molar-refractivity contribution in [2.45, 2.75) is 31.2 Å². The van der Waals surface area contributed by atoms with Gasteiger partial charge in [0, 0.05) is 24.3 Å². The summed E-state index contributed by atoms with van der Waals surface area (Å²) >= 11 is 0. The highest BCUT2D eigenvalue weighted by Gasteiger charge is 2.32. The number of nitrogens with zero attached hydrogens (tertiary/aromatic N) is 1. The third-order valence-corrected chi connectivity index (χ3v) is 5.56. The van der Waals surface area contributed by atoms with Crippen molar-refractivity contribution in [2.24, 2.45) is 0 Å². The van der Waals surface area contributed by atoms with Crippen LogP contribution in [0.5, 0.6) is 5.75 Å². The molecule has 9 nitrogen and oxygen atoms in total. The number of alkyl halides is 3. The Kier molecular flexibility index (Phi) is 8.75. The maximum absolute atomic E-state index is 13.0. The maximum Gasteiger partial charge on any atom is 0.416 e. The molecule has 3 rings (SSSR count). The van der Waals surface area contributed by atoms with Crippen molar-refractivity contribution < 1.29 is 42.1 Å². The van der Waals surface area contributed by atoms with E-state index in [1.54, 1.807) is 0 Å². The van der Waals surface area contributed by atoms with E-state index in [-0.39, 0.29) is 30.9 Å². The van der Waals surface area contributed by atoms with E-state index in [1.165, 1.54) is 48.4 Å². The van der Waals surface area contributed by atoms with E-state index in [1.807, 2.05) is 0 Å². The van der Waals surface area contributed by atoms with Crippen molar-refractivity contribution in [3.05, 3.63) is 59.7 Å². The van der Waals surface area contributed by atoms with Crippen molar-refractivity contribution in [1.82, 2.24) is 10.2 Å². The van der Waals surface area contributed by atoms with Gasteiger partial charge in [-0.1, -0.05) is 6.07 Å². The molecule has 2 aromatic rings. The van der Waals surface area contributed by atoms with Gasteiger partial charge in [0.25, 0.3) is 5.91 Å². The lowest BCUT2D eigenvalue weighted by Gasteiger charge is -2.27. The standard InChI is InChI=1S/C24H26F3N3O6/c1-35-21(32)14-36-18-9-7-15(8-10-18)22(33)29-19-13-30(11-3-6-20(19)31)23(34)28-17-5-2-4-16(12-17)24(25,26)27/h2,4-5,7-10,12,19-20,31H,3,6,11,13-14H2,1H3,(H,28,34)(H,29,33)/t19-,20-/m1/s1. The number of anilines is 1. The zero-order valence-corrected chi connectivity index (χ0v) is 19.4. The van der Waals surface area contributed by atoms with E-state index in [9.17, 15) is 32.7 Å². The highest BCUT2D eigenvalue weighted by molar-refractivity contribution is 5.94.